The van der Waals surface area contributed by atoms with Crippen molar-refractivity contribution in [2.75, 3.05) is 0 Å². The van der Waals surface area contributed by atoms with Crippen molar-refractivity contribution in [3.63, 3.8) is 0 Å². The third-order valence-corrected chi connectivity index (χ3v) is 9.56. The fourth-order valence-corrected chi connectivity index (χ4v) is 6.96. The van der Waals surface area contributed by atoms with Gasteiger partial charge in [0, 0.05) is 28.9 Å². The Morgan fingerprint density at radius 2 is 1.79 bits per heavy atom. The van der Waals surface area contributed by atoms with Crippen LogP contribution < -0.4 is 5.56 Å². The van der Waals surface area contributed by atoms with Crippen LogP contribution in [0.2, 0.25) is 0 Å². The molecule has 2 aromatic heterocycles. The molecule has 1 N–H and O–H groups in total. The lowest BCUT2D eigenvalue weighted by Gasteiger charge is -2.35. The first-order valence-electron chi connectivity index (χ1n) is 15.9. The van der Waals surface area contributed by atoms with Crippen LogP contribution in [0.15, 0.2) is 53.3 Å². The first kappa shape index (κ1) is 31.1. The smallest absolute Gasteiger partial charge is 0.508 e. The molecule has 0 radical (unpaired) electrons. The maximum Gasteiger partial charge on any atom is 0.510 e. The van der Waals surface area contributed by atoms with Crippen LogP contribution in [0.1, 0.15) is 67.0 Å². The van der Waals surface area contributed by atoms with Gasteiger partial charge in [-0.15, -0.1) is 0 Å². The molecule has 1 fully saturated rings. The summed E-state index contributed by atoms with van der Waals surface area (Å²) in [5, 5.41) is 10.9. The number of fused-ring (bicyclic) bond motifs is 5. The number of phenolic OH excluding ortho intramolecular Hbond substituents is 1. The topological polar surface area (TPSA) is 154 Å². The van der Waals surface area contributed by atoms with Gasteiger partial charge < -0.3 is 23.9 Å². The highest BCUT2D eigenvalue weighted by atomic mass is 16.7. The van der Waals surface area contributed by atoms with Crippen LogP contribution in [0.3, 0.4) is 0 Å². The predicted molar refractivity (Wildman–Crippen MR) is 170 cm³/mol. The molecular formula is C36H33N3O9. The second-order valence-electron chi connectivity index (χ2n) is 12.4. The van der Waals surface area contributed by atoms with Crippen LogP contribution in [0.4, 0.5) is 4.79 Å². The van der Waals surface area contributed by atoms with Crippen LogP contribution in [-0.2, 0) is 66.9 Å². The fraction of sp³-hybridized carbons (Fsp3) is 0.333. The third kappa shape index (κ3) is 4.90. The molecule has 5 heterocycles. The number of likely N-dealkylation sites (tertiary alicyclic amines) is 1. The minimum absolute atomic E-state index is 0.0183. The van der Waals surface area contributed by atoms with E-state index in [0.29, 0.717) is 28.9 Å². The summed E-state index contributed by atoms with van der Waals surface area (Å²) >= 11 is 0. The molecule has 48 heavy (non-hydrogen) atoms. The van der Waals surface area contributed by atoms with E-state index in [2.05, 4.69) is 0 Å². The van der Waals surface area contributed by atoms with Crippen molar-refractivity contribution in [2.45, 2.75) is 71.9 Å². The van der Waals surface area contributed by atoms with E-state index in [-0.39, 0.29) is 79.3 Å². The van der Waals surface area contributed by atoms with Crippen molar-refractivity contribution in [3.8, 4) is 17.1 Å². The van der Waals surface area contributed by atoms with E-state index in [9.17, 15) is 29.1 Å². The Balaban J connectivity index is 1.15. The molecule has 2 aromatic carbocycles. The Bertz CT molecular complexity index is 2100. The number of carbonyl (C=O) groups is 4. The van der Waals surface area contributed by atoms with Gasteiger partial charge in [-0.25, -0.2) is 14.6 Å². The molecule has 0 spiro atoms. The monoisotopic (exact) mass is 651 g/mol. The number of pyridine rings is 2. The molecule has 1 saturated heterocycles. The molecule has 246 valence electrons. The summed E-state index contributed by atoms with van der Waals surface area (Å²) in [5.74, 6) is -1.42. The first-order chi connectivity index (χ1) is 23.0. The second kappa shape index (κ2) is 11.6. The Labute approximate surface area is 274 Å². The van der Waals surface area contributed by atoms with Gasteiger partial charge in [0.15, 0.2) is 0 Å². The van der Waals surface area contributed by atoms with Crippen molar-refractivity contribution >= 4 is 34.8 Å². The number of phenols is 1. The summed E-state index contributed by atoms with van der Waals surface area (Å²) in [6.07, 6.45) is -0.293. The lowest BCUT2D eigenvalue weighted by atomic mass is 9.85. The van der Waals surface area contributed by atoms with Gasteiger partial charge in [0.25, 0.3) is 5.56 Å². The van der Waals surface area contributed by atoms with Gasteiger partial charge in [-0.1, -0.05) is 45.0 Å². The van der Waals surface area contributed by atoms with Crippen LogP contribution in [0.25, 0.3) is 22.3 Å². The summed E-state index contributed by atoms with van der Waals surface area (Å²) in [5.41, 5.74) is 3.06. The van der Waals surface area contributed by atoms with Gasteiger partial charge in [0.2, 0.25) is 17.4 Å². The standard InChI is InChI=1S/C36H33N3O9/c1-4-23-24-13-22(40)10-11-28(24)37-31-25(23)16-38-29(31)14-27-26(33(38)43)18-46-34(44)36(27,5-2)48-35(45)47-17-21-8-6-20(7-9-21)15-39-30(41)12-19(3)32(39)42/h6-11,13-14,19,40H,4-5,12,15-18H2,1-3H3. The highest BCUT2D eigenvalue weighted by Crippen LogP contribution is 2.42. The molecular weight excluding hydrogens is 618 g/mol. The number of benzene rings is 2. The summed E-state index contributed by atoms with van der Waals surface area (Å²) < 4.78 is 18.2. The second-order valence-corrected chi connectivity index (χ2v) is 12.4. The minimum atomic E-state index is -1.92. The van der Waals surface area contributed by atoms with E-state index in [1.165, 1.54) is 4.90 Å². The summed E-state index contributed by atoms with van der Waals surface area (Å²) in [6, 6.07) is 13.5. The van der Waals surface area contributed by atoms with E-state index < -0.39 is 17.7 Å². The minimum Gasteiger partial charge on any atom is -0.508 e. The van der Waals surface area contributed by atoms with Crippen molar-refractivity contribution in [3.05, 3.63) is 92.3 Å². The fourth-order valence-electron chi connectivity index (χ4n) is 6.96. The molecule has 7 rings (SSSR count). The molecule has 2 unspecified atom stereocenters. The number of aromatic hydroxyl groups is 1. The third-order valence-electron chi connectivity index (χ3n) is 9.56. The number of aromatic nitrogens is 2. The number of nitrogens with zero attached hydrogens (tertiary/aromatic N) is 3. The normalized spacial score (nSPS) is 19.6. The molecule has 12 nitrogen and oxygen atoms in total. The maximum absolute atomic E-state index is 13.9. The van der Waals surface area contributed by atoms with Crippen molar-refractivity contribution in [1.29, 1.82) is 0 Å². The maximum atomic E-state index is 13.9. The number of rotatable bonds is 7. The average Bonchev–Trinajstić information content (AvgIpc) is 3.56. The van der Waals surface area contributed by atoms with E-state index >= 15 is 0 Å². The molecule has 2 atom stereocenters. The number of amides is 2. The quantitative estimate of drug-likeness (QED) is 0.195. The number of hydrogen-bond donors (Lipinski definition) is 1. The van der Waals surface area contributed by atoms with E-state index in [1.54, 1.807) is 66.9 Å². The highest BCUT2D eigenvalue weighted by Gasteiger charge is 2.51. The molecule has 0 aliphatic carbocycles. The summed E-state index contributed by atoms with van der Waals surface area (Å²) in [6.45, 7) is 5.36. The Morgan fingerprint density at radius 3 is 2.48 bits per heavy atom. The van der Waals surface area contributed by atoms with Crippen LogP contribution >= 0.6 is 0 Å². The van der Waals surface area contributed by atoms with Crippen LogP contribution in [-0.4, -0.2) is 43.5 Å². The number of hydrogen-bond acceptors (Lipinski definition) is 10. The zero-order chi connectivity index (χ0) is 33.9. The van der Waals surface area contributed by atoms with Gasteiger partial charge in [-0.2, -0.15) is 0 Å². The largest absolute Gasteiger partial charge is 0.510 e. The Kier molecular flexibility index (Phi) is 7.53. The van der Waals surface area contributed by atoms with Crippen molar-refractivity contribution < 1.29 is 38.5 Å². The van der Waals surface area contributed by atoms with Crippen molar-refractivity contribution in [2.24, 2.45) is 5.92 Å². The van der Waals surface area contributed by atoms with Gasteiger partial charge in [0.05, 0.1) is 35.6 Å². The van der Waals surface area contributed by atoms with Crippen LogP contribution in [0.5, 0.6) is 5.75 Å². The first-order valence-corrected chi connectivity index (χ1v) is 15.9. The van der Waals surface area contributed by atoms with Gasteiger partial charge in [-0.3, -0.25) is 19.3 Å². The molecule has 0 bridgehead atoms. The molecule has 2 amide bonds. The Morgan fingerprint density at radius 1 is 1.04 bits per heavy atom. The van der Waals surface area contributed by atoms with E-state index in [1.807, 2.05) is 6.92 Å². The average molecular weight is 652 g/mol. The lowest BCUT2D eigenvalue weighted by molar-refractivity contribution is -0.175. The number of esters is 1. The number of aryl methyl sites for hydroxylation is 1. The zero-order valence-corrected chi connectivity index (χ0v) is 26.7. The Hall–Kier alpha value is -5.52. The van der Waals surface area contributed by atoms with E-state index in [0.717, 1.165) is 22.1 Å². The number of ether oxygens (including phenoxy) is 3. The SMILES string of the molecule is CCc1c2c(nc3ccc(O)cc13)-c1cc3c(c(=O)n1C2)COC(=O)C3(CC)OC(=O)OCc1ccc(CN2C(=O)CC(C)C2=O)cc1. The lowest BCUT2D eigenvalue weighted by Crippen LogP contribution is -2.47. The number of cyclic esters (lactones) is 1. The summed E-state index contributed by atoms with van der Waals surface area (Å²) in [7, 11) is 0. The molecule has 0 saturated carbocycles. The zero-order valence-electron chi connectivity index (χ0n) is 26.7. The van der Waals surface area contributed by atoms with Gasteiger partial charge >= 0.3 is 12.1 Å². The predicted octanol–water partition coefficient (Wildman–Crippen LogP) is 4.60. The highest BCUT2D eigenvalue weighted by molar-refractivity contribution is 6.03. The summed E-state index contributed by atoms with van der Waals surface area (Å²) in [4.78, 5) is 70.9. The number of imide groups is 1. The van der Waals surface area contributed by atoms with Crippen LogP contribution in [0, 0.1) is 5.92 Å². The van der Waals surface area contributed by atoms with Gasteiger partial charge in [-0.05, 0) is 53.8 Å². The van der Waals surface area contributed by atoms with E-state index in [4.69, 9.17) is 19.2 Å². The molecule has 3 aliphatic rings. The molecule has 12 heteroatoms. The van der Waals surface area contributed by atoms with Gasteiger partial charge in [0.1, 0.15) is 19.0 Å². The molecule has 3 aliphatic heterocycles. The number of carbonyl (C=O) groups excluding carboxylic acids is 4. The van der Waals surface area contributed by atoms with Crippen molar-refractivity contribution in [1.82, 2.24) is 14.5 Å². The molecule has 4 aromatic rings.